The molecule has 0 radical (unpaired) electrons. The highest BCUT2D eigenvalue weighted by molar-refractivity contribution is 7.92. The van der Waals surface area contributed by atoms with Gasteiger partial charge in [0.15, 0.2) is 0 Å². The summed E-state index contributed by atoms with van der Waals surface area (Å²) in [6.45, 7) is 3.53. The summed E-state index contributed by atoms with van der Waals surface area (Å²) >= 11 is 6.09. The number of nitrogens with one attached hydrogen (secondary N) is 1. The zero-order valence-electron chi connectivity index (χ0n) is 22.9. The first-order valence-electron chi connectivity index (χ1n) is 13.7. The van der Waals surface area contributed by atoms with Crippen LogP contribution < -0.4 is 9.62 Å². The minimum Gasteiger partial charge on any atom is -0.352 e. The predicted molar refractivity (Wildman–Crippen MR) is 159 cm³/mol. The third-order valence-electron chi connectivity index (χ3n) is 7.41. The lowest BCUT2D eigenvalue weighted by Crippen LogP contribution is -2.53. The molecule has 1 N–H and O–H groups in total. The Morgan fingerprint density at radius 3 is 2.20 bits per heavy atom. The van der Waals surface area contributed by atoms with Crippen molar-refractivity contribution in [3.05, 3.63) is 95.0 Å². The van der Waals surface area contributed by atoms with E-state index in [0.717, 1.165) is 41.1 Å². The molecule has 1 fully saturated rings. The van der Waals surface area contributed by atoms with E-state index in [1.54, 1.807) is 42.5 Å². The van der Waals surface area contributed by atoms with Crippen molar-refractivity contribution in [2.24, 2.45) is 0 Å². The predicted octanol–water partition coefficient (Wildman–Crippen LogP) is 5.71. The van der Waals surface area contributed by atoms with E-state index < -0.39 is 28.5 Å². The van der Waals surface area contributed by atoms with Gasteiger partial charge in [-0.2, -0.15) is 0 Å². The monoisotopic (exact) mass is 581 g/mol. The molecule has 0 aromatic heterocycles. The van der Waals surface area contributed by atoms with E-state index in [9.17, 15) is 18.0 Å². The van der Waals surface area contributed by atoms with Crippen molar-refractivity contribution in [3.63, 3.8) is 0 Å². The van der Waals surface area contributed by atoms with Gasteiger partial charge in [0.05, 0.1) is 10.6 Å². The molecule has 0 aliphatic heterocycles. The standard InChI is InChI=1S/C31H36ClN3O4S/c1-3-29(31(37)33-26-13-9-10-14-26)34(21-24-12-8-7-11-23(24)2)30(36)22-35(27-19-17-25(32)18-20-27)40(38,39)28-15-5-4-6-16-28/h4-8,11-12,15-20,26,29H,3,9-10,13-14,21-22H2,1-2H3,(H,33,37)/t29-/m1/s1. The van der Waals surface area contributed by atoms with Crippen LogP contribution in [-0.4, -0.2) is 43.8 Å². The lowest BCUT2D eigenvalue weighted by atomic mass is 10.1. The summed E-state index contributed by atoms with van der Waals surface area (Å²) in [5, 5.41) is 3.58. The fraction of sp³-hybridized carbons (Fsp3) is 0.355. The van der Waals surface area contributed by atoms with Crippen LogP contribution in [0.15, 0.2) is 83.8 Å². The number of sulfonamides is 1. The molecule has 0 bridgehead atoms. The number of hydrogen-bond donors (Lipinski definition) is 1. The Kier molecular flexibility index (Phi) is 9.87. The Balaban J connectivity index is 1.71. The van der Waals surface area contributed by atoms with Crippen LogP contribution >= 0.6 is 11.6 Å². The molecule has 0 heterocycles. The maximum atomic E-state index is 14.1. The van der Waals surface area contributed by atoms with Crippen LogP contribution in [0.2, 0.25) is 5.02 Å². The summed E-state index contributed by atoms with van der Waals surface area (Å²) in [6, 6.07) is 21.4. The van der Waals surface area contributed by atoms with Gasteiger partial charge in [-0.3, -0.25) is 13.9 Å². The van der Waals surface area contributed by atoms with E-state index in [-0.39, 0.29) is 23.4 Å². The summed E-state index contributed by atoms with van der Waals surface area (Å²) in [6.07, 6.45) is 4.38. The molecular weight excluding hydrogens is 546 g/mol. The molecule has 0 spiro atoms. The van der Waals surface area contributed by atoms with Crippen LogP contribution in [0, 0.1) is 6.92 Å². The Hall–Kier alpha value is -3.36. The second-order valence-electron chi connectivity index (χ2n) is 10.2. The molecule has 3 aromatic carbocycles. The fourth-order valence-electron chi connectivity index (χ4n) is 5.11. The number of nitrogens with zero attached hydrogens (tertiary/aromatic N) is 2. The Morgan fingerprint density at radius 1 is 0.950 bits per heavy atom. The second kappa shape index (κ2) is 13.3. The van der Waals surface area contributed by atoms with Crippen molar-refractivity contribution < 1.29 is 18.0 Å². The van der Waals surface area contributed by atoms with Crippen molar-refractivity contribution in [3.8, 4) is 0 Å². The van der Waals surface area contributed by atoms with Crippen LogP contribution in [0.5, 0.6) is 0 Å². The molecule has 1 aliphatic rings. The molecule has 212 valence electrons. The van der Waals surface area contributed by atoms with E-state index in [1.807, 2.05) is 38.1 Å². The summed E-state index contributed by atoms with van der Waals surface area (Å²) in [4.78, 5) is 29.2. The van der Waals surface area contributed by atoms with Crippen LogP contribution in [0.1, 0.15) is 50.2 Å². The minimum absolute atomic E-state index is 0.0641. The van der Waals surface area contributed by atoms with Gasteiger partial charge in [0.2, 0.25) is 11.8 Å². The molecule has 1 aliphatic carbocycles. The zero-order chi connectivity index (χ0) is 28.7. The molecular formula is C31H36ClN3O4S. The van der Waals surface area contributed by atoms with Gasteiger partial charge in [0, 0.05) is 17.6 Å². The Bertz CT molecular complexity index is 1410. The topological polar surface area (TPSA) is 86.8 Å². The molecule has 1 saturated carbocycles. The van der Waals surface area contributed by atoms with Gasteiger partial charge in [-0.25, -0.2) is 8.42 Å². The lowest BCUT2D eigenvalue weighted by Gasteiger charge is -2.34. The third kappa shape index (κ3) is 7.04. The molecule has 4 rings (SSSR count). The largest absolute Gasteiger partial charge is 0.352 e. The Morgan fingerprint density at radius 2 is 1.57 bits per heavy atom. The smallest absolute Gasteiger partial charge is 0.264 e. The Labute approximate surface area is 242 Å². The van der Waals surface area contributed by atoms with E-state index in [4.69, 9.17) is 11.6 Å². The van der Waals surface area contributed by atoms with Crippen molar-refractivity contribution >= 4 is 39.1 Å². The third-order valence-corrected chi connectivity index (χ3v) is 9.45. The summed E-state index contributed by atoms with van der Waals surface area (Å²) in [5.74, 6) is -0.675. The number of rotatable bonds is 11. The summed E-state index contributed by atoms with van der Waals surface area (Å²) < 4.78 is 28.8. The number of carbonyl (C=O) groups is 2. The summed E-state index contributed by atoms with van der Waals surface area (Å²) in [7, 11) is -4.11. The van der Waals surface area contributed by atoms with E-state index in [2.05, 4.69) is 5.32 Å². The van der Waals surface area contributed by atoms with Crippen molar-refractivity contribution in [2.75, 3.05) is 10.8 Å². The average molecular weight is 582 g/mol. The molecule has 40 heavy (non-hydrogen) atoms. The van der Waals surface area contributed by atoms with Crippen molar-refractivity contribution in [1.82, 2.24) is 10.2 Å². The highest BCUT2D eigenvalue weighted by Crippen LogP contribution is 2.26. The van der Waals surface area contributed by atoms with Gasteiger partial charge in [-0.05, 0) is 73.7 Å². The van der Waals surface area contributed by atoms with Crippen LogP contribution in [0.4, 0.5) is 5.69 Å². The molecule has 9 heteroatoms. The SMILES string of the molecule is CC[C@H](C(=O)NC1CCCC1)N(Cc1ccccc1C)C(=O)CN(c1ccc(Cl)cc1)S(=O)(=O)c1ccccc1. The van der Waals surface area contributed by atoms with Crippen molar-refractivity contribution in [2.45, 2.75) is 69.5 Å². The highest BCUT2D eigenvalue weighted by Gasteiger charge is 2.34. The maximum absolute atomic E-state index is 14.1. The number of aryl methyl sites for hydroxylation is 1. The van der Waals surface area contributed by atoms with Gasteiger partial charge in [-0.15, -0.1) is 0 Å². The molecule has 2 amide bonds. The van der Waals surface area contributed by atoms with E-state index in [0.29, 0.717) is 17.1 Å². The average Bonchev–Trinajstić information content (AvgIpc) is 3.46. The van der Waals surface area contributed by atoms with Gasteiger partial charge in [0.25, 0.3) is 10.0 Å². The maximum Gasteiger partial charge on any atom is 0.264 e. The van der Waals surface area contributed by atoms with Gasteiger partial charge < -0.3 is 10.2 Å². The van der Waals surface area contributed by atoms with E-state index >= 15 is 0 Å². The van der Waals surface area contributed by atoms with Crippen LogP contribution in [0.3, 0.4) is 0 Å². The van der Waals surface area contributed by atoms with Gasteiger partial charge in [-0.1, -0.05) is 73.8 Å². The number of benzene rings is 3. The highest BCUT2D eigenvalue weighted by atomic mass is 35.5. The zero-order valence-corrected chi connectivity index (χ0v) is 24.5. The quantitative estimate of drug-likeness (QED) is 0.314. The summed E-state index contributed by atoms with van der Waals surface area (Å²) in [5.41, 5.74) is 2.19. The minimum atomic E-state index is -4.11. The second-order valence-corrected chi connectivity index (χ2v) is 12.5. The van der Waals surface area contributed by atoms with Gasteiger partial charge >= 0.3 is 0 Å². The van der Waals surface area contributed by atoms with Crippen LogP contribution in [0.25, 0.3) is 0 Å². The normalized spacial score (nSPS) is 14.5. The van der Waals surface area contributed by atoms with Crippen LogP contribution in [-0.2, 0) is 26.2 Å². The first kappa shape index (κ1) is 29.6. The lowest BCUT2D eigenvalue weighted by molar-refractivity contribution is -0.140. The molecule has 1 atom stereocenters. The first-order chi connectivity index (χ1) is 19.2. The number of halogens is 1. The first-order valence-corrected chi connectivity index (χ1v) is 15.5. The molecule has 3 aromatic rings. The number of anilines is 1. The molecule has 0 saturated heterocycles. The van der Waals surface area contributed by atoms with Gasteiger partial charge in [0.1, 0.15) is 12.6 Å². The molecule has 7 nitrogen and oxygen atoms in total. The number of hydrogen-bond acceptors (Lipinski definition) is 4. The number of carbonyl (C=O) groups excluding carboxylic acids is 2. The molecule has 0 unspecified atom stereocenters. The fourth-order valence-corrected chi connectivity index (χ4v) is 6.68. The van der Waals surface area contributed by atoms with Crippen molar-refractivity contribution in [1.29, 1.82) is 0 Å². The van der Waals surface area contributed by atoms with E-state index in [1.165, 1.54) is 17.0 Å². The number of amides is 2.